The van der Waals surface area contributed by atoms with Gasteiger partial charge in [0.25, 0.3) is 0 Å². The predicted molar refractivity (Wildman–Crippen MR) is 110 cm³/mol. The van der Waals surface area contributed by atoms with Crippen molar-refractivity contribution in [1.29, 1.82) is 0 Å². The van der Waals surface area contributed by atoms with E-state index in [-0.39, 0.29) is 0 Å². The summed E-state index contributed by atoms with van der Waals surface area (Å²) in [5, 5.41) is 8.77. The second-order valence-corrected chi connectivity index (χ2v) is 7.09. The highest BCUT2D eigenvalue weighted by atomic mass is 19.4. The van der Waals surface area contributed by atoms with E-state index in [0.717, 1.165) is 34.9 Å². The number of nitrogens with zero attached hydrogens (tertiary/aromatic N) is 6. The van der Waals surface area contributed by atoms with Crippen LogP contribution in [0.1, 0.15) is 22.4 Å². The molecule has 0 amide bonds. The molecule has 0 aromatic carbocycles. The Kier molecular flexibility index (Phi) is 6.40. The molecule has 0 saturated carbocycles. The van der Waals surface area contributed by atoms with Gasteiger partial charge in [-0.15, -0.1) is 5.10 Å². The van der Waals surface area contributed by atoms with Gasteiger partial charge in [0.05, 0.1) is 17.7 Å². The molecule has 0 bridgehead atoms. The molecule has 8 nitrogen and oxygen atoms in total. The molecular formula is C19H25F3N8. The molecule has 162 valence electrons. The van der Waals surface area contributed by atoms with E-state index in [1.807, 2.05) is 18.7 Å². The van der Waals surface area contributed by atoms with E-state index < -0.39 is 11.7 Å². The van der Waals surface area contributed by atoms with Gasteiger partial charge in [-0.3, -0.25) is 4.99 Å². The lowest BCUT2D eigenvalue weighted by atomic mass is 10.1. The van der Waals surface area contributed by atoms with Crippen LogP contribution in [0.4, 0.5) is 24.8 Å². The van der Waals surface area contributed by atoms with Crippen molar-refractivity contribution in [2.24, 2.45) is 10.8 Å². The molecule has 1 aliphatic rings. The first-order valence-electron chi connectivity index (χ1n) is 9.52. The Morgan fingerprint density at radius 2 is 1.77 bits per heavy atom. The van der Waals surface area contributed by atoms with Crippen LogP contribution in [-0.4, -0.2) is 54.2 Å². The second kappa shape index (κ2) is 8.82. The zero-order valence-corrected chi connectivity index (χ0v) is 17.2. The van der Waals surface area contributed by atoms with Crippen molar-refractivity contribution in [1.82, 2.24) is 20.6 Å². The van der Waals surface area contributed by atoms with Crippen LogP contribution in [0.5, 0.6) is 0 Å². The average Bonchev–Trinajstić information content (AvgIpc) is 2.74. The minimum absolute atomic E-state index is 0.473. The molecule has 30 heavy (non-hydrogen) atoms. The molecule has 0 aliphatic carbocycles. The molecule has 0 radical (unpaired) electrons. The van der Waals surface area contributed by atoms with Crippen LogP contribution in [0.15, 0.2) is 23.3 Å². The molecule has 1 fully saturated rings. The van der Waals surface area contributed by atoms with Crippen molar-refractivity contribution < 1.29 is 13.2 Å². The molecule has 3 heterocycles. The summed E-state index contributed by atoms with van der Waals surface area (Å²) in [4.78, 5) is 12.2. The lowest BCUT2D eigenvalue weighted by molar-refractivity contribution is -0.137. The van der Waals surface area contributed by atoms with Crippen molar-refractivity contribution in [3.8, 4) is 0 Å². The van der Waals surface area contributed by atoms with Crippen LogP contribution in [0.2, 0.25) is 0 Å². The summed E-state index contributed by atoms with van der Waals surface area (Å²) in [6.07, 6.45) is -3.03. The number of hydrogen-bond donors (Lipinski definition) is 2. The van der Waals surface area contributed by atoms with Crippen molar-refractivity contribution in [3.63, 3.8) is 0 Å². The fourth-order valence-electron chi connectivity index (χ4n) is 3.35. The van der Waals surface area contributed by atoms with E-state index in [9.17, 15) is 13.2 Å². The van der Waals surface area contributed by atoms with E-state index in [0.29, 0.717) is 44.3 Å². The third-order valence-electron chi connectivity index (χ3n) is 5.35. The van der Waals surface area contributed by atoms with Gasteiger partial charge in [0, 0.05) is 39.4 Å². The van der Waals surface area contributed by atoms with Gasteiger partial charge in [-0.2, -0.15) is 18.3 Å². The fraction of sp³-hybridized carbons (Fsp3) is 0.474. The van der Waals surface area contributed by atoms with Gasteiger partial charge in [0.2, 0.25) is 0 Å². The van der Waals surface area contributed by atoms with Gasteiger partial charge >= 0.3 is 6.18 Å². The Morgan fingerprint density at radius 1 is 1.10 bits per heavy atom. The van der Waals surface area contributed by atoms with Gasteiger partial charge < -0.3 is 15.2 Å². The normalized spacial score (nSPS) is 15.5. The number of hydrogen-bond acceptors (Lipinski definition) is 7. The molecule has 1 saturated heterocycles. The Labute approximate surface area is 173 Å². The van der Waals surface area contributed by atoms with Crippen LogP contribution in [0.3, 0.4) is 0 Å². The standard InChI is InChI=1S/C19H25F3N8/c1-12-13(2)18(28-27-15(12)10-16(24-3)26-23)30-8-6-29(7-9-30)17-5-4-14(11-25-17)19(20,21)22/h4-5,11H,6-10,23H2,1-3H3,(H,24,26). The number of anilines is 2. The highest BCUT2D eigenvalue weighted by Gasteiger charge is 2.31. The van der Waals surface area contributed by atoms with Gasteiger partial charge in [0.15, 0.2) is 5.82 Å². The molecule has 0 atom stereocenters. The summed E-state index contributed by atoms with van der Waals surface area (Å²) in [5.41, 5.74) is 4.69. The number of piperazine rings is 1. The first kappa shape index (κ1) is 21.8. The molecule has 2 aromatic rings. The van der Waals surface area contributed by atoms with Crippen LogP contribution >= 0.6 is 0 Å². The number of nitrogens with one attached hydrogen (secondary N) is 1. The number of pyridine rings is 1. The number of aromatic nitrogens is 3. The summed E-state index contributed by atoms with van der Waals surface area (Å²) in [6, 6.07) is 2.48. The summed E-state index contributed by atoms with van der Waals surface area (Å²) < 4.78 is 38.2. The first-order valence-corrected chi connectivity index (χ1v) is 9.52. The lowest BCUT2D eigenvalue weighted by Crippen LogP contribution is -2.47. The smallest absolute Gasteiger partial charge is 0.353 e. The fourth-order valence-corrected chi connectivity index (χ4v) is 3.35. The maximum Gasteiger partial charge on any atom is 0.417 e. The molecule has 1 aliphatic heterocycles. The Bertz CT molecular complexity index is 903. The Morgan fingerprint density at radius 3 is 2.30 bits per heavy atom. The zero-order valence-electron chi connectivity index (χ0n) is 17.2. The van der Waals surface area contributed by atoms with Gasteiger partial charge in [-0.05, 0) is 37.1 Å². The van der Waals surface area contributed by atoms with Crippen LogP contribution in [0.25, 0.3) is 0 Å². The van der Waals surface area contributed by atoms with Crippen molar-refractivity contribution in [3.05, 3.63) is 40.7 Å². The summed E-state index contributed by atoms with van der Waals surface area (Å²) in [7, 11) is 1.66. The zero-order chi connectivity index (χ0) is 21.9. The number of hydrazine groups is 1. The minimum atomic E-state index is -4.38. The highest BCUT2D eigenvalue weighted by molar-refractivity contribution is 5.83. The third kappa shape index (κ3) is 4.61. The molecule has 0 spiro atoms. The van der Waals surface area contributed by atoms with Crippen LogP contribution < -0.4 is 21.1 Å². The second-order valence-electron chi connectivity index (χ2n) is 7.09. The molecule has 3 N–H and O–H groups in total. The monoisotopic (exact) mass is 422 g/mol. The molecule has 0 unspecified atom stereocenters. The molecule has 3 rings (SSSR count). The summed E-state index contributed by atoms with van der Waals surface area (Å²) >= 11 is 0. The largest absolute Gasteiger partial charge is 0.417 e. The predicted octanol–water partition coefficient (Wildman–Crippen LogP) is 1.87. The van der Waals surface area contributed by atoms with Crippen molar-refractivity contribution >= 4 is 17.5 Å². The van der Waals surface area contributed by atoms with Gasteiger partial charge in [-0.25, -0.2) is 10.8 Å². The number of halogens is 3. The Balaban J connectivity index is 1.68. The number of amidine groups is 1. The minimum Gasteiger partial charge on any atom is -0.353 e. The van der Waals surface area contributed by atoms with E-state index in [1.165, 1.54) is 6.07 Å². The van der Waals surface area contributed by atoms with Gasteiger partial charge in [-0.1, -0.05) is 0 Å². The topological polar surface area (TPSA) is 95.6 Å². The number of aliphatic imine (C=N–C) groups is 1. The van der Waals surface area contributed by atoms with E-state index in [4.69, 9.17) is 5.84 Å². The van der Waals surface area contributed by atoms with E-state index >= 15 is 0 Å². The number of alkyl halides is 3. The summed E-state index contributed by atoms with van der Waals surface area (Å²) in [6.45, 7) is 6.60. The SMILES string of the molecule is CN=C(Cc1nnc(N2CCN(c3ccc(C(F)(F)F)cn3)CC2)c(C)c1C)NN. The number of nitrogens with two attached hydrogens (primary N) is 1. The molecular weight excluding hydrogens is 397 g/mol. The van der Waals surface area contributed by atoms with E-state index in [1.54, 1.807) is 7.05 Å². The Hall–Kier alpha value is -2.95. The van der Waals surface area contributed by atoms with Crippen LogP contribution in [-0.2, 0) is 12.6 Å². The first-order chi connectivity index (χ1) is 14.2. The quantitative estimate of drug-likeness (QED) is 0.336. The third-order valence-corrected chi connectivity index (χ3v) is 5.35. The van der Waals surface area contributed by atoms with Crippen LogP contribution in [0, 0.1) is 13.8 Å². The average molecular weight is 422 g/mol. The van der Waals surface area contributed by atoms with Crippen molar-refractivity contribution in [2.45, 2.75) is 26.4 Å². The number of rotatable bonds is 4. The maximum absolute atomic E-state index is 12.7. The van der Waals surface area contributed by atoms with Gasteiger partial charge in [0.1, 0.15) is 11.7 Å². The lowest BCUT2D eigenvalue weighted by Gasteiger charge is -2.36. The highest BCUT2D eigenvalue weighted by Crippen LogP contribution is 2.30. The maximum atomic E-state index is 12.7. The van der Waals surface area contributed by atoms with E-state index in [2.05, 4.69) is 30.5 Å². The molecule has 2 aromatic heterocycles. The van der Waals surface area contributed by atoms with Crippen molar-refractivity contribution in [2.75, 3.05) is 43.0 Å². The summed E-state index contributed by atoms with van der Waals surface area (Å²) in [5.74, 6) is 7.43. The molecule has 11 heteroatoms.